The highest BCUT2D eigenvalue weighted by atomic mass is 16.5. The summed E-state index contributed by atoms with van der Waals surface area (Å²) in [6.07, 6.45) is 8.55. The molecule has 160 valence electrons. The molecule has 1 fully saturated rings. The number of para-hydroxylation sites is 1. The lowest BCUT2D eigenvalue weighted by Crippen LogP contribution is -2.19. The van der Waals surface area contributed by atoms with Crippen molar-refractivity contribution in [2.75, 3.05) is 5.73 Å². The van der Waals surface area contributed by atoms with Gasteiger partial charge in [0, 0.05) is 5.56 Å². The number of hydrogen-bond acceptors (Lipinski definition) is 4. The maximum Gasteiger partial charge on any atom is 0.134 e. The van der Waals surface area contributed by atoms with Gasteiger partial charge in [-0.2, -0.15) is 0 Å². The largest absolute Gasteiger partial charge is 0.457 e. The van der Waals surface area contributed by atoms with Gasteiger partial charge in [-0.1, -0.05) is 62.2 Å². The molecular weight excluding hydrogens is 382 g/mol. The number of anilines is 1. The zero-order chi connectivity index (χ0) is 21.6. The third-order valence-electron chi connectivity index (χ3n) is 6.37. The van der Waals surface area contributed by atoms with Crippen molar-refractivity contribution in [1.82, 2.24) is 9.97 Å². The summed E-state index contributed by atoms with van der Waals surface area (Å²) in [6.45, 7) is 6.51. The minimum Gasteiger partial charge on any atom is -0.457 e. The first kappa shape index (κ1) is 21.1. The van der Waals surface area contributed by atoms with Crippen LogP contribution in [0.2, 0.25) is 0 Å². The van der Waals surface area contributed by atoms with Crippen molar-refractivity contribution < 1.29 is 4.74 Å². The minimum atomic E-state index is 0.534. The lowest BCUT2D eigenvalue weighted by atomic mass is 9.75. The first-order valence-corrected chi connectivity index (χ1v) is 11.2. The number of nitrogens with two attached hydrogens (primary N) is 1. The van der Waals surface area contributed by atoms with Gasteiger partial charge in [-0.3, -0.25) is 0 Å². The number of ether oxygens (including phenoxy) is 1. The van der Waals surface area contributed by atoms with Gasteiger partial charge in [-0.05, 0) is 67.3 Å². The van der Waals surface area contributed by atoms with Gasteiger partial charge in [0.25, 0.3) is 0 Å². The second kappa shape index (κ2) is 9.78. The van der Waals surface area contributed by atoms with E-state index >= 15 is 0 Å². The van der Waals surface area contributed by atoms with Gasteiger partial charge in [0.2, 0.25) is 0 Å². The van der Waals surface area contributed by atoms with Crippen LogP contribution in [0.25, 0.3) is 11.1 Å². The Balaban J connectivity index is 1.53. The van der Waals surface area contributed by atoms with Crippen molar-refractivity contribution in [3.05, 3.63) is 78.8 Å². The molecule has 1 aliphatic carbocycles. The Kier molecular flexibility index (Phi) is 6.66. The van der Waals surface area contributed by atoms with Crippen molar-refractivity contribution in [3.8, 4) is 22.6 Å². The molecule has 2 atom stereocenters. The number of hydrogen-bond donors (Lipinski definition) is 1. The van der Waals surface area contributed by atoms with E-state index in [1.54, 1.807) is 6.33 Å². The zero-order valence-electron chi connectivity index (χ0n) is 18.3. The van der Waals surface area contributed by atoms with Crippen molar-refractivity contribution in [2.24, 2.45) is 11.8 Å². The molecule has 0 spiro atoms. The number of aromatic nitrogens is 2. The summed E-state index contributed by atoms with van der Waals surface area (Å²) in [5, 5.41) is 0. The van der Waals surface area contributed by atoms with Crippen molar-refractivity contribution in [1.29, 1.82) is 0 Å². The second-order valence-corrected chi connectivity index (χ2v) is 8.47. The van der Waals surface area contributed by atoms with E-state index in [9.17, 15) is 0 Å². The average molecular weight is 414 g/mol. The van der Waals surface area contributed by atoms with Crippen molar-refractivity contribution in [3.63, 3.8) is 0 Å². The molecule has 0 bridgehead atoms. The Morgan fingerprint density at radius 1 is 1.03 bits per heavy atom. The molecule has 4 heteroatoms. The van der Waals surface area contributed by atoms with Crippen LogP contribution in [0.4, 0.5) is 5.82 Å². The van der Waals surface area contributed by atoms with E-state index in [4.69, 9.17) is 10.5 Å². The van der Waals surface area contributed by atoms with Crippen LogP contribution in [0.15, 0.2) is 73.1 Å². The van der Waals surface area contributed by atoms with Crippen molar-refractivity contribution in [2.45, 2.75) is 45.4 Å². The topological polar surface area (TPSA) is 61.0 Å². The Hall–Kier alpha value is -3.14. The summed E-state index contributed by atoms with van der Waals surface area (Å²) in [7, 11) is 0. The predicted molar refractivity (Wildman–Crippen MR) is 127 cm³/mol. The fourth-order valence-corrected chi connectivity index (χ4v) is 4.63. The van der Waals surface area contributed by atoms with E-state index < -0.39 is 0 Å². The van der Waals surface area contributed by atoms with E-state index in [1.165, 1.54) is 31.3 Å². The van der Waals surface area contributed by atoms with Crippen molar-refractivity contribution >= 4 is 5.82 Å². The Morgan fingerprint density at radius 2 is 1.77 bits per heavy atom. The zero-order valence-corrected chi connectivity index (χ0v) is 18.3. The van der Waals surface area contributed by atoms with E-state index in [1.807, 2.05) is 54.6 Å². The quantitative estimate of drug-likeness (QED) is 0.431. The number of rotatable bonds is 7. The highest BCUT2D eigenvalue weighted by Crippen LogP contribution is 2.38. The third-order valence-corrected chi connectivity index (χ3v) is 6.37. The van der Waals surface area contributed by atoms with Gasteiger partial charge in [-0.15, -0.1) is 0 Å². The fraction of sp³-hybridized carbons (Fsp3) is 0.333. The van der Waals surface area contributed by atoms with Gasteiger partial charge < -0.3 is 10.5 Å². The molecule has 2 aromatic carbocycles. The lowest BCUT2D eigenvalue weighted by molar-refractivity contribution is 0.289. The van der Waals surface area contributed by atoms with Crippen LogP contribution in [0, 0.1) is 11.8 Å². The highest BCUT2D eigenvalue weighted by molar-refractivity contribution is 5.76. The molecule has 3 aromatic rings. The van der Waals surface area contributed by atoms with Gasteiger partial charge >= 0.3 is 0 Å². The van der Waals surface area contributed by atoms with E-state index in [0.717, 1.165) is 41.2 Å². The van der Waals surface area contributed by atoms with Crippen LogP contribution in [0.1, 0.15) is 44.7 Å². The monoisotopic (exact) mass is 413 g/mol. The molecule has 0 unspecified atom stereocenters. The Bertz CT molecular complexity index is 1010. The summed E-state index contributed by atoms with van der Waals surface area (Å²) in [6, 6.07) is 17.8. The number of allylic oxidation sites excluding steroid dienone is 1. The summed E-state index contributed by atoms with van der Waals surface area (Å²) >= 11 is 0. The van der Waals surface area contributed by atoms with Crippen LogP contribution in [-0.2, 0) is 6.42 Å². The van der Waals surface area contributed by atoms with E-state index in [-0.39, 0.29) is 0 Å². The second-order valence-electron chi connectivity index (χ2n) is 8.47. The lowest BCUT2D eigenvalue weighted by Gasteiger charge is -2.30. The minimum absolute atomic E-state index is 0.534. The number of nitrogens with zero attached hydrogens (tertiary/aromatic N) is 2. The summed E-state index contributed by atoms with van der Waals surface area (Å²) in [4.78, 5) is 8.92. The van der Waals surface area contributed by atoms with Crippen LogP contribution in [0.5, 0.6) is 11.5 Å². The molecule has 0 saturated heterocycles. The Morgan fingerprint density at radius 3 is 2.52 bits per heavy atom. The van der Waals surface area contributed by atoms with Crippen LogP contribution in [-0.4, -0.2) is 9.97 Å². The van der Waals surface area contributed by atoms with Gasteiger partial charge in [0.1, 0.15) is 23.6 Å². The van der Waals surface area contributed by atoms with Gasteiger partial charge in [-0.25, -0.2) is 9.97 Å². The Labute approximate surface area is 185 Å². The number of nitrogen functional groups attached to an aromatic ring is 1. The average Bonchev–Trinajstić information content (AvgIpc) is 2.80. The standard InChI is InChI=1S/C27H31N3O/c1-3-19(2)22-9-7-8-20(16-22)17-25-26(27(28)30-18-29-25)21-12-14-24(15-13-21)31-23-10-5-4-6-11-23/h4-6,10-15,18,20,22H,2-3,7-9,16-17H2,1H3,(H2,28,29,30)/t20-,22+/m0/s1. The first-order valence-electron chi connectivity index (χ1n) is 11.2. The van der Waals surface area contributed by atoms with Crippen LogP contribution in [0.3, 0.4) is 0 Å². The van der Waals surface area contributed by atoms with Gasteiger partial charge in [0.05, 0.1) is 5.69 Å². The maximum absolute atomic E-state index is 6.32. The third kappa shape index (κ3) is 5.13. The molecule has 0 radical (unpaired) electrons. The summed E-state index contributed by atoms with van der Waals surface area (Å²) in [5.74, 6) is 3.39. The highest BCUT2D eigenvalue weighted by Gasteiger charge is 2.25. The molecule has 0 aliphatic heterocycles. The summed E-state index contributed by atoms with van der Waals surface area (Å²) < 4.78 is 5.93. The SMILES string of the molecule is C=C(CC)[C@@H]1CCC[C@H](Cc2ncnc(N)c2-c2ccc(Oc3ccccc3)cc2)C1. The van der Waals surface area contributed by atoms with Gasteiger partial charge in [0.15, 0.2) is 0 Å². The smallest absolute Gasteiger partial charge is 0.134 e. The molecule has 4 rings (SSSR count). The predicted octanol–water partition coefficient (Wildman–Crippen LogP) is 6.83. The molecule has 1 aromatic heterocycles. The molecule has 31 heavy (non-hydrogen) atoms. The molecular formula is C27H31N3O. The van der Waals surface area contributed by atoms with E-state index in [2.05, 4.69) is 23.5 Å². The van der Waals surface area contributed by atoms with Crippen LogP contribution >= 0.6 is 0 Å². The first-order chi connectivity index (χ1) is 15.1. The number of benzene rings is 2. The van der Waals surface area contributed by atoms with E-state index in [0.29, 0.717) is 17.7 Å². The molecule has 2 N–H and O–H groups in total. The molecule has 1 saturated carbocycles. The molecule has 1 aliphatic rings. The summed E-state index contributed by atoms with van der Waals surface area (Å²) in [5.41, 5.74) is 10.7. The van der Waals surface area contributed by atoms with Crippen LogP contribution < -0.4 is 10.5 Å². The molecule has 1 heterocycles. The maximum atomic E-state index is 6.32. The normalized spacial score (nSPS) is 18.5. The fourth-order valence-electron chi connectivity index (χ4n) is 4.63. The molecule has 0 amide bonds. The molecule has 4 nitrogen and oxygen atoms in total.